The Morgan fingerprint density at radius 3 is 1.70 bits per heavy atom. The predicted octanol–water partition coefficient (Wildman–Crippen LogP) is 13.8. The van der Waals surface area contributed by atoms with Gasteiger partial charge in [0.1, 0.15) is 10.5 Å². The first-order valence-corrected chi connectivity index (χ1v) is 21.1. The molecule has 0 amide bonds. The lowest BCUT2D eigenvalue weighted by Crippen LogP contribution is -2.02. The minimum atomic E-state index is 0.904. The van der Waals surface area contributed by atoms with Gasteiger partial charge in [-0.25, -0.2) is 4.98 Å². The Kier molecular flexibility index (Phi) is 6.35. The van der Waals surface area contributed by atoms with Gasteiger partial charge in [-0.15, -0.1) is 11.3 Å². The molecule has 0 fully saturated rings. The van der Waals surface area contributed by atoms with Crippen molar-refractivity contribution < 1.29 is 0 Å². The van der Waals surface area contributed by atoms with Gasteiger partial charge in [0.25, 0.3) is 0 Å². The fourth-order valence-electron chi connectivity index (χ4n) is 10.0. The Balaban J connectivity index is 1.06. The van der Waals surface area contributed by atoms with Crippen molar-refractivity contribution >= 4 is 103 Å². The Bertz CT molecular complexity index is 4070. The number of fused-ring (bicyclic) bond motifs is 15. The van der Waals surface area contributed by atoms with Gasteiger partial charge in [0.05, 0.1) is 44.3 Å². The van der Waals surface area contributed by atoms with Crippen molar-refractivity contribution in [3.63, 3.8) is 0 Å². The van der Waals surface area contributed by atoms with Crippen molar-refractivity contribution in [2.24, 2.45) is 0 Å². The molecule has 0 atom stereocenters. The quantitative estimate of drug-likeness (QED) is 0.175. The number of hydrogen-bond donors (Lipinski definition) is 0. The van der Waals surface area contributed by atoms with Crippen LogP contribution >= 0.6 is 11.3 Å². The molecule has 7 heteroatoms. The van der Waals surface area contributed by atoms with E-state index in [1.165, 1.54) is 64.0 Å². The van der Waals surface area contributed by atoms with E-state index >= 15 is 0 Å². The van der Waals surface area contributed by atoms with Crippen LogP contribution in [-0.2, 0) is 0 Å². The summed E-state index contributed by atoms with van der Waals surface area (Å²) in [5.41, 5.74) is 13.5. The van der Waals surface area contributed by atoms with E-state index in [0.717, 1.165) is 50.6 Å². The summed E-state index contributed by atoms with van der Waals surface area (Å²) in [6, 6.07) is 70.3. The lowest BCUT2D eigenvalue weighted by atomic mass is 10.1. The Hall–Kier alpha value is -7.87. The van der Waals surface area contributed by atoms with Crippen LogP contribution in [0.1, 0.15) is 0 Å². The fraction of sp³-hybridized carbons (Fsp3) is 0. The molecule has 8 aromatic carbocycles. The first-order valence-electron chi connectivity index (χ1n) is 20.3. The van der Waals surface area contributed by atoms with Crippen LogP contribution in [0.4, 0.5) is 0 Å². The molecule has 0 saturated heterocycles. The first kappa shape index (κ1) is 32.1. The van der Waals surface area contributed by atoms with Gasteiger partial charge in [-0.05, 0) is 91.0 Å². The monoisotopic (exact) mass is 784 g/mol. The van der Waals surface area contributed by atoms with Crippen LogP contribution in [0, 0.1) is 0 Å². The second-order valence-corrected chi connectivity index (χ2v) is 16.7. The number of nitrogens with zero attached hydrogens (tertiary/aromatic N) is 6. The van der Waals surface area contributed by atoms with Crippen LogP contribution in [0.25, 0.3) is 115 Å². The smallest absolute Gasteiger partial charge is 0.220 e. The number of para-hydroxylation sites is 7. The maximum absolute atomic E-state index is 5.18. The maximum atomic E-state index is 5.18. The maximum Gasteiger partial charge on any atom is 0.220 e. The average Bonchev–Trinajstić information content (AvgIpc) is 4.13. The third kappa shape index (κ3) is 4.18. The molecule has 6 nitrogen and oxygen atoms in total. The molecule has 0 radical (unpaired) electrons. The molecular weight excluding hydrogens is 753 g/mol. The van der Waals surface area contributed by atoms with E-state index in [-0.39, 0.29) is 0 Å². The number of imidazole rings is 2. The van der Waals surface area contributed by atoms with E-state index in [1.807, 2.05) is 11.3 Å². The van der Waals surface area contributed by atoms with Crippen LogP contribution in [0.3, 0.4) is 0 Å². The number of hydrogen-bond acceptors (Lipinski definition) is 2. The van der Waals surface area contributed by atoms with Gasteiger partial charge in [-0.1, -0.05) is 103 Å². The van der Waals surface area contributed by atoms with Gasteiger partial charge in [0.15, 0.2) is 0 Å². The van der Waals surface area contributed by atoms with Crippen molar-refractivity contribution in [2.75, 3.05) is 0 Å². The number of aromatic nitrogens is 6. The number of thiophene rings is 1. The summed E-state index contributed by atoms with van der Waals surface area (Å²) in [5, 5.41) is 7.55. The van der Waals surface area contributed by atoms with E-state index in [2.05, 4.69) is 217 Å². The van der Waals surface area contributed by atoms with Gasteiger partial charge in [-0.3, -0.25) is 18.1 Å². The van der Waals surface area contributed by atoms with Crippen molar-refractivity contribution in [1.82, 2.24) is 27.7 Å². The van der Waals surface area contributed by atoms with Gasteiger partial charge < -0.3 is 4.57 Å². The molecule has 0 aliphatic rings. The van der Waals surface area contributed by atoms with Crippen LogP contribution in [0.15, 0.2) is 194 Å². The summed E-state index contributed by atoms with van der Waals surface area (Å²) in [5.74, 6) is 0.904. The highest BCUT2D eigenvalue weighted by Gasteiger charge is 2.24. The van der Waals surface area contributed by atoms with Crippen LogP contribution in [-0.4, -0.2) is 27.7 Å². The SMILES string of the molecule is c1ccc(-n2c3ccccc3c3c4ccccc4n(-c4ccc5c(c4)c4c6ccccc6sc4n5-c4cccc(-n5c6ccccc6n6c7ccccc7nc56)c4)c32)cc1. The molecule has 0 saturated carbocycles. The topological polar surface area (TPSA) is 37.0 Å². The second-order valence-electron chi connectivity index (χ2n) is 15.6. The zero-order chi connectivity index (χ0) is 39.1. The minimum Gasteiger partial charge on any atom is -0.301 e. The Morgan fingerprint density at radius 2 is 0.917 bits per heavy atom. The van der Waals surface area contributed by atoms with Crippen molar-refractivity contribution in [2.45, 2.75) is 0 Å². The molecule has 0 N–H and O–H groups in total. The highest BCUT2D eigenvalue weighted by atomic mass is 32.1. The van der Waals surface area contributed by atoms with Crippen LogP contribution in [0.5, 0.6) is 0 Å². The van der Waals surface area contributed by atoms with Crippen molar-refractivity contribution in [1.29, 1.82) is 0 Å². The van der Waals surface area contributed by atoms with Crippen molar-refractivity contribution in [3.05, 3.63) is 194 Å². The van der Waals surface area contributed by atoms with Gasteiger partial charge in [0, 0.05) is 54.1 Å². The molecular formula is C53H32N6S. The van der Waals surface area contributed by atoms with Gasteiger partial charge in [0.2, 0.25) is 5.78 Å². The molecule has 14 rings (SSSR count). The molecule has 6 aromatic heterocycles. The standard InChI is InChI=1S/C53H32N6S/c1-2-15-33(16-3-1)55-42-23-8-4-19-37(42)49-38-20-5-9-24-43(38)56(51(49)55)36-29-30-44-40(32-36)50-39-21-6-13-28-48(39)60-52(50)57(44)34-17-14-18-35(31-34)58-46-26-11-12-27-47(46)59-45-25-10-7-22-41(45)54-53(58)59/h1-32H. The molecule has 60 heavy (non-hydrogen) atoms. The normalized spacial score (nSPS) is 12.3. The van der Waals surface area contributed by atoms with E-state index in [9.17, 15) is 0 Å². The van der Waals surface area contributed by atoms with Gasteiger partial charge in [-0.2, -0.15) is 0 Å². The van der Waals surface area contributed by atoms with Gasteiger partial charge >= 0.3 is 0 Å². The first-order chi connectivity index (χ1) is 29.8. The zero-order valence-electron chi connectivity index (χ0n) is 32.1. The Morgan fingerprint density at radius 1 is 0.350 bits per heavy atom. The van der Waals surface area contributed by atoms with E-state index in [4.69, 9.17) is 4.98 Å². The van der Waals surface area contributed by atoms with Crippen LogP contribution in [0.2, 0.25) is 0 Å². The van der Waals surface area contributed by atoms with Crippen LogP contribution < -0.4 is 0 Å². The summed E-state index contributed by atoms with van der Waals surface area (Å²) in [7, 11) is 0. The highest BCUT2D eigenvalue weighted by molar-refractivity contribution is 7.25. The molecule has 0 spiro atoms. The summed E-state index contributed by atoms with van der Waals surface area (Å²) in [4.78, 5) is 6.42. The second kappa shape index (κ2) is 11.9. The van der Waals surface area contributed by atoms with E-state index < -0.39 is 0 Å². The zero-order valence-corrected chi connectivity index (χ0v) is 32.9. The predicted molar refractivity (Wildman–Crippen MR) is 250 cm³/mol. The molecule has 0 aliphatic heterocycles. The largest absolute Gasteiger partial charge is 0.301 e. The molecule has 14 aromatic rings. The van der Waals surface area contributed by atoms with Crippen molar-refractivity contribution in [3.8, 4) is 22.7 Å². The number of benzene rings is 8. The Labute approximate surface area is 346 Å². The highest BCUT2D eigenvalue weighted by Crippen LogP contribution is 2.45. The third-order valence-corrected chi connectivity index (χ3v) is 13.6. The summed E-state index contributed by atoms with van der Waals surface area (Å²) in [6.07, 6.45) is 0. The third-order valence-electron chi connectivity index (χ3n) is 12.5. The summed E-state index contributed by atoms with van der Waals surface area (Å²) in [6.45, 7) is 0. The van der Waals surface area contributed by atoms with E-state index in [1.54, 1.807) is 0 Å². The lowest BCUT2D eigenvalue weighted by Gasteiger charge is -2.14. The molecule has 6 heterocycles. The fourth-order valence-corrected chi connectivity index (χ4v) is 11.3. The molecule has 0 bridgehead atoms. The molecule has 0 aliphatic carbocycles. The lowest BCUT2D eigenvalue weighted by molar-refractivity contribution is 1.07. The number of rotatable bonds is 4. The molecule has 0 unspecified atom stereocenters. The molecule has 280 valence electrons. The average molecular weight is 785 g/mol. The van der Waals surface area contributed by atoms with E-state index in [0.29, 0.717) is 0 Å². The summed E-state index contributed by atoms with van der Waals surface area (Å²) >= 11 is 1.86. The minimum absolute atomic E-state index is 0.904. The summed E-state index contributed by atoms with van der Waals surface area (Å²) < 4.78 is 13.3.